The zero-order valence-corrected chi connectivity index (χ0v) is 17.6. The first-order valence-corrected chi connectivity index (χ1v) is 10.9. The Hall–Kier alpha value is -2.74. The third kappa shape index (κ3) is 4.87. The predicted molar refractivity (Wildman–Crippen MR) is 117 cm³/mol. The van der Waals surface area contributed by atoms with Crippen molar-refractivity contribution < 1.29 is 4.79 Å². The van der Waals surface area contributed by atoms with Gasteiger partial charge < -0.3 is 14.8 Å². The number of rotatable bonds is 5. The van der Waals surface area contributed by atoms with Crippen LogP contribution in [-0.2, 0) is 11.2 Å². The van der Waals surface area contributed by atoms with Gasteiger partial charge in [-0.25, -0.2) is 9.97 Å². The molecule has 0 radical (unpaired) electrons. The molecule has 2 fully saturated rings. The quantitative estimate of drug-likeness (QED) is 0.805. The van der Waals surface area contributed by atoms with Crippen molar-refractivity contribution in [1.82, 2.24) is 24.8 Å². The number of hydrogen-bond acceptors (Lipinski definition) is 6. The van der Waals surface area contributed by atoms with Crippen molar-refractivity contribution in [1.29, 1.82) is 0 Å². The molecule has 30 heavy (non-hydrogen) atoms. The lowest BCUT2D eigenvalue weighted by atomic mass is 10.1. The number of anilines is 1. The van der Waals surface area contributed by atoms with Gasteiger partial charge in [0.15, 0.2) is 0 Å². The Kier molecular flexibility index (Phi) is 6.42. The van der Waals surface area contributed by atoms with Crippen molar-refractivity contribution in [2.75, 3.05) is 50.7 Å². The monoisotopic (exact) mass is 410 g/mol. The number of piperidine rings is 1. The van der Waals surface area contributed by atoms with E-state index in [4.69, 9.17) is 0 Å². The van der Waals surface area contributed by atoms with E-state index in [9.17, 15) is 9.59 Å². The second-order valence-corrected chi connectivity index (χ2v) is 8.05. The van der Waals surface area contributed by atoms with Gasteiger partial charge in [-0.1, -0.05) is 6.92 Å². The van der Waals surface area contributed by atoms with Gasteiger partial charge in [0, 0.05) is 62.8 Å². The Morgan fingerprint density at radius 2 is 1.83 bits per heavy atom. The summed E-state index contributed by atoms with van der Waals surface area (Å²) in [6.45, 7) is 7.74. The van der Waals surface area contributed by atoms with Crippen molar-refractivity contribution in [3.8, 4) is 11.4 Å². The van der Waals surface area contributed by atoms with Gasteiger partial charge in [-0.3, -0.25) is 14.5 Å². The van der Waals surface area contributed by atoms with Gasteiger partial charge in [-0.2, -0.15) is 0 Å². The first kappa shape index (κ1) is 20.5. The van der Waals surface area contributed by atoms with Crippen molar-refractivity contribution in [3.63, 3.8) is 0 Å². The maximum atomic E-state index is 12.5. The van der Waals surface area contributed by atoms with Gasteiger partial charge in [0.1, 0.15) is 11.6 Å². The SMILES string of the molecule is CCc1cc(=O)[nH]c(-c2ccc(N3CCN(CC(=O)N4CCCCC4)CC3)nc2)n1. The molecule has 0 aromatic carbocycles. The second-order valence-electron chi connectivity index (χ2n) is 8.05. The lowest BCUT2D eigenvalue weighted by Gasteiger charge is -2.36. The van der Waals surface area contributed by atoms with Crippen LogP contribution in [-0.4, -0.2) is 76.5 Å². The number of carbonyl (C=O) groups excluding carboxylic acids is 1. The minimum Gasteiger partial charge on any atom is -0.354 e. The molecule has 160 valence electrons. The highest BCUT2D eigenvalue weighted by Crippen LogP contribution is 2.19. The standard InChI is InChI=1S/C22H30N6O2/c1-2-18-14-20(29)25-22(24-18)17-6-7-19(23-15-17)27-12-10-26(11-13-27)16-21(30)28-8-4-3-5-9-28/h6-7,14-15H,2-5,8-13,16H2,1H3,(H,24,25,29). The summed E-state index contributed by atoms with van der Waals surface area (Å²) in [6, 6.07) is 5.45. The zero-order chi connectivity index (χ0) is 20.9. The molecular formula is C22H30N6O2. The van der Waals surface area contributed by atoms with Crippen LogP contribution >= 0.6 is 0 Å². The average Bonchev–Trinajstić information content (AvgIpc) is 2.80. The van der Waals surface area contributed by atoms with Crippen molar-refractivity contribution in [3.05, 3.63) is 40.4 Å². The number of amides is 1. The maximum absolute atomic E-state index is 12.5. The number of nitrogens with zero attached hydrogens (tertiary/aromatic N) is 5. The van der Waals surface area contributed by atoms with Crippen LogP contribution in [0.15, 0.2) is 29.2 Å². The Morgan fingerprint density at radius 3 is 2.50 bits per heavy atom. The van der Waals surface area contributed by atoms with Gasteiger partial charge in [0.25, 0.3) is 5.56 Å². The van der Waals surface area contributed by atoms with Gasteiger partial charge in [0.2, 0.25) is 5.91 Å². The van der Waals surface area contributed by atoms with E-state index < -0.39 is 0 Å². The third-order valence-electron chi connectivity index (χ3n) is 5.94. The van der Waals surface area contributed by atoms with Crippen molar-refractivity contribution in [2.24, 2.45) is 0 Å². The number of aryl methyl sites for hydroxylation is 1. The fourth-order valence-electron chi connectivity index (χ4n) is 4.11. The molecule has 0 aliphatic carbocycles. The Balaban J connectivity index is 1.33. The molecule has 4 rings (SSSR count). The molecule has 0 saturated carbocycles. The summed E-state index contributed by atoms with van der Waals surface area (Å²) in [6.07, 6.45) is 5.98. The highest BCUT2D eigenvalue weighted by atomic mass is 16.2. The number of pyridine rings is 1. The van der Waals surface area contributed by atoms with Crippen LogP contribution in [0.5, 0.6) is 0 Å². The number of aromatic nitrogens is 3. The molecule has 1 N–H and O–H groups in total. The minimum atomic E-state index is -0.142. The molecule has 2 saturated heterocycles. The molecule has 0 unspecified atom stereocenters. The van der Waals surface area contributed by atoms with E-state index in [0.29, 0.717) is 18.8 Å². The number of hydrogen-bond donors (Lipinski definition) is 1. The van der Waals surface area contributed by atoms with E-state index in [-0.39, 0.29) is 11.5 Å². The highest BCUT2D eigenvalue weighted by molar-refractivity contribution is 5.78. The summed E-state index contributed by atoms with van der Waals surface area (Å²) < 4.78 is 0. The van der Waals surface area contributed by atoms with Gasteiger partial charge in [-0.05, 0) is 37.8 Å². The molecule has 8 nitrogen and oxygen atoms in total. The molecule has 1 amide bonds. The summed E-state index contributed by atoms with van der Waals surface area (Å²) in [5.41, 5.74) is 1.43. The smallest absolute Gasteiger partial charge is 0.251 e. The van der Waals surface area contributed by atoms with Crippen LogP contribution < -0.4 is 10.5 Å². The largest absolute Gasteiger partial charge is 0.354 e. The number of likely N-dealkylation sites (tertiary alicyclic amines) is 1. The maximum Gasteiger partial charge on any atom is 0.251 e. The molecule has 0 bridgehead atoms. The topological polar surface area (TPSA) is 85.4 Å². The molecule has 2 aromatic rings. The molecule has 2 aliphatic rings. The zero-order valence-electron chi connectivity index (χ0n) is 17.6. The Bertz CT molecular complexity index is 912. The number of piperazine rings is 1. The summed E-state index contributed by atoms with van der Waals surface area (Å²) in [5, 5.41) is 0. The Morgan fingerprint density at radius 1 is 1.07 bits per heavy atom. The van der Waals surface area contributed by atoms with Gasteiger partial charge in [-0.15, -0.1) is 0 Å². The molecule has 2 aromatic heterocycles. The van der Waals surface area contributed by atoms with E-state index >= 15 is 0 Å². The fourth-order valence-corrected chi connectivity index (χ4v) is 4.11. The highest BCUT2D eigenvalue weighted by Gasteiger charge is 2.23. The van der Waals surface area contributed by atoms with E-state index in [0.717, 1.165) is 69.2 Å². The minimum absolute atomic E-state index is 0.142. The van der Waals surface area contributed by atoms with Crippen LogP contribution in [0.2, 0.25) is 0 Å². The van der Waals surface area contributed by atoms with Crippen LogP contribution in [0.4, 0.5) is 5.82 Å². The second kappa shape index (κ2) is 9.38. The van der Waals surface area contributed by atoms with Crippen molar-refractivity contribution in [2.45, 2.75) is 32.6 Å². The lowest BCUT2D eigenvalue weighted by molar-refractivity contribution is -0.133. The molecule has 0 spiro atoms. The number of aromatic amines is 1. The first-order chi connectivity index (χ1) is 14.6. The first-order valence-electron chi connectivity index (χ1n) is 10.9. The predicted octanol–water partition coefficient (Wildman–Crippen LogP) is 1.53. The third-order valence-corrected chi connectivity index (χ3v) is 5.94. The van der Waals surface area contributed by atoms with Crippen LogP contribution in [0.25, 0.3) is 11.4 Å². The average molecular weight is 411 g/mol. The molecule has 4 heterocycles. The van der Waals surface area contributed by atoms with E-state index in [1.807, 2.05) is 24.0 Å². The summed E-state index contributed by atoms with van der Waals surface area (Å²) in [4.78, 5) is 42.7. The number of carbonyl (C=O) groups is 1. The van der Waals surface area contributed by atoms with Crippen molar-refractivity contribution >= 4 is 11.7 Å². The number of nitrogens with one attached hydrogen (secondary N) is 1. The van der Waals surface area contributed by atoms with Crippen LogP contribution in [0.1, 0.15) is 31.9 Å². The fraction of sp³-hybridized carbons (Fsp3) is 0.545. The van der Waals surface area contributed by atoms with Gasteiger partial charge in [0.05, 0.1) is 6.54 Å². The van der Waals surface area contributed by atoms with Gasteiger partial charge >= 0.3 is 0 Å². The molecule has 8 heteroatoms. The molecule has 2 aliphatic heterocycles. The van der Waals surface area contributed by atoms with Crippen LogP contribution in [0, 0.1) is 0 Å². The van der Waals surface area contributed by atoms with Crippen LogP contribution in [0.3, 0.4) is 0 Å². The summed E-state index contributed by atoms with van der Waals surface area (Å²) in [7, 11) is 0. The Labute approximate surface area is 176 Å². The molecular weight excluding hydrogens is 380 g/mol. The van der Waals surface area contributed by atoms with E-state index in [1.165, 1.54) is 12.5 Å². The lowest BCUT2D eigenvalue weighted by Crippen LogP contribution is -2.50. The van der Waals surface area contributed by atoms with E-state index in [2.05, 4.69) is 24.8 Å². The normalized spacial score (nSPS) is 17.9. The summed E-state index contributed by atoms with van der Waals surface area (Å²) >= 11 is 0. The summed E-state index contributed by atoms with van der Waals surface area (Å²) in [5.74, 6) is 1.73. The number of H-pyrrole nitrogens is 1. The van der Waals surface area contributed by atoms with E-state index in [1.54, 1.807) is 6.20 Å². The molecule has 0 atom stereocenters.